The van der Waals surface area contributed by atoms with E-state index in [2.05, 4.69) is 10.2 Å². The smallest absolute Gasteiger partial charge is 0.326 e. The summed E-state index contributed by atoms with van der Waals surface area (Å²) in [4.78, 5) is 27.3. The minimum Gasteiger partial charge on any atom is -0.496 e. The van der Waals surface area contributed by atoms with Gasteiger partial charge in [-0.2, -0.15) is 0 Å². The fraction of sp³-hybridized carbons (Fsp3) is 0.481. The third-order valence-corrected chi connectivity index (χ3v) is 6.42. The van der Waals surface area contributed by atoms with Gasteiger partial charge in [0.05, 0.1) is 19.8 Å². The summed E-state index contributed by atoms with van der Waals surface area (Å²) < 4.78 is 16.9. The number of ether oxygens (including phenoxy) is 3. The Balaban J connectivity index is 1.73. The van der Waals surface area contributed by atoms with Gasteiger partial charge in [0.15, 0.2) is 0 Å². The predicted molar refractivity (Wildman–Crippen MR) is 134 cm³/mol. The van der Waals surface area contributed by atoms with E-state index in [1.165, 1.54) is 0 Å². The van der Waals surface area contributed by atoms with Gasteiger partial charge in [0.1, 0.15) is 23.1 Å². The molecule has 1 amide bonds. The molecule has 2 atom stereocenters. The van der Waals surface area contributed by atoms with Crippen LogP contribution in [0.2, 0.25) is 0 Å². The maximum absolute atomic E-state index is 13.2. The quantitative estimate of drug-likeness (QED) is 0.477. The van der Waals surface area contributed by atoms with Crippen molar-refractivity contribution < 1.29 is 28.9 Å². The number of hydrogen-bond acceptors (Lipinski definition) is 6. The topological polar surface area (TPSA) is 97.3 Å². The summed E-state index contributed by atoms with van der Waals surface area (Å²) in [5.74, 6) is -0.0420. The Labute approximate surface area is 207 Å². The molecule has 2 aromatic carbocycles. The summed E-state index contributed by atoms with van der Waals surface area (Å²) in [6.45, 7) is 1.35. The third-order valence-electron chi connectivity index (χ3n) is 6.42. The number of hydrogen-bond donors (Lipinski definition) is 2. The van der Waals surface area contributed by atoms with Crippen LogP contribution in [0.25, 0.3) is 11.1 Å². The number of carboxylic acid groups (broad SMARTS) is 1. The number of carbonyl (C=O) groups excluding carboxylic acids is 1. The van der Waals surface area contributed by atoms with Crippen LogP contribution in [-0.2, 0) is 20.7 Å². The van der Waals surface area contributed by atoms with Crippen molar-refractivity contribution in [2.24, 2.45) is 0 Å². The van der Waals surface area contributed by atoms with Gasteiger partial charge in [-0.1, -0.05) is 30.3 Å². The minimum atomic E-state index is -1.07. The molecule has 0 bridgehead atoms. The molecule has 0 spiro atoms. The first-order valence-corrected chi connectivity index (χ1v) is 11.9. The number of carboxylic acids is 1. The molecule has 0 unspecified atom stereocenters. The maximum atomic E-state index is 13.2. The summed E-state index contributed by atoms with van der Waals surface area (Å²) in [6.07, 6.45) is 2.93. The predicted octanol–water partition coefficient (Wildman–Crippen LogP) is 3.37. The Morgan fingerprint density at radius 1 is 1.11 bits per heavy atom. The lowest BCUT2D eigenvalue weighted by molar-refractivity contribution is -0.149. The average Bonchev–Trinajstić information content (AvgIpc) is 3.33. The van der Waals surface area contributed by atoms with Crippen LogP contribution in [0.1, 0.15) is 31.2 Å². The van der Waals surface area contributed by atoms with Crippen molar-refractivity contribution in [2.45, 2.75) is 43.7 Å². The van der Waals surface area contributed by atoms with Crippen LogP contribution in [0.3, 0.4) is 0 Å². The second-order valence-corrected chi connectivity index (χ2v) is 9.16. The molecule has 0 aromatic heterocycles. The largest absolute Gasteiger partial charge is 0.496 e. The van der Waals surface area contributed by atoms with Crippen LogP contribution in [0, 0.1) is 0 Å². The van der Waals surface area contributed by atoms with Crippen LogP contribution in [0.5, 0.6) is 11.5 Å². The summed E-state index contributed by atoms with van der Waals surface area (Å²) in [7, 11) is 7.18. The van der Waals surface area contributed by atoms with Crippen molar-refractivity contribution in [3.8, 4) is 22.6 Å². The Kier molecular flexibility index (Phi) is 9.12. The molecule has 0 saturated carbocycles. The number of aliphatic carboxylic acids is 1. The highest BCUT2D eigenvalue weighted by Gasteiger charge is 2.43. The van der Waals surface area contributed by atoms with Crippen LogP contribution < -0.4 is 14.8 Å². The highest BCUT2D eigenvalue weighted by Crippen LogP contribution is 2.38. The van der Waals surface area contributed by atoms with Crippen LogP contribution in [0.15, 0.2) is 42.5 Å². The number of carbonyl (C=O) groups is 2. The van der Waals surface area contributed by atoms with Crippen LogP contribution >= 0.6 is 0 Å². The zero-order chi connectivity index (χ0) is 25.4. The van der Waals surface area contributed by atoms with Crippen molar-refractivity contribution in [1.29, 1.82) is 0 Å². The zero-order valence-electron chi connectivity index (χ0n) is 21.0. The normalized spacial score (nSPS) is 18.3. The van der Waals surface area contributed by atoms with E-state index < -0.39 is 17.6 Å². The lowest BCUT2D eigenvalue weighted by Crippen LogP contribution is -2.53. The van der Waals surface area contributed by atoms with E-state index in [-0.39, 0.29) is 12.3 Å². The van der Waals surface area contributed by atoms with Gasteiger partial charge in [-0.05, 0) is 69.6 Å². The molecule has 1 heterocycles. The van der Waals surface area contributed by atoms with Crippen molar-refractivity contribution in [3.63, 3.8) is 0 Å². The number of nitrogens with one attached hydrogen (secondary N) is 1. The molecule has 35 heavy (non-hydrogen) atoms. The highest BCUT2D eigenvalue weighted by molar-refractivity contribution is 5.89. The molecule has 8 heteroatoms. The second-order valence-electron chi connectivity index (χ2n) is 9.16. The van der Waals surface area contributed by atoms with E-state index in [0.29, 0.717) is 30.9 Å². The molecule has 0 radical (unpaired) electrons. The zero-order valence-corrected chi connectivity index (χ0v) is 21.0. The fourth-order valence-electron chi connectivity index (χ4n) is 4.54. The van der Waals surface area contributed by atoms with Gasteiger partial charge in [0.2, 0.25) is 0 Å². The third kappa shape index (κ3) is 6.52. The van der Waals surface area contributed by atoms with Crippen LogP contribution in [-0.4, -0.2) is 75.0 Å². The highest BCUT2D eigenvalue weighted by atomic mass is 16.5. The first kappa shape index (κ1) is 26.5. The molecule has 2 N–H and O–H groups in total. The molecule has 190 valence electrons. The molecule has 1 aliphatic rings. The SMILES string of the molecule is COc1cccc(OC)c1-c1ccc(C[C@H](NC(=O)[C@@]2(CCCN(C)C)CCCO2)C(=O)O)cc1. The molecular formula is C27H36N2O6. The molecule has 1 fully saturated rings. The first-order valence-electron chi connectivity index (χ1n) is 11.9. The fourth-order valence-corrected chi connectivity index (χ4v) is 4.54. The van der Waals surface area contributed by atoms with E-state index in [1.54, 1.807) is 14.2 Å². The van der Waals surface area contributed by atoms with Crippen molar-refractivity contribution in [2.75, 3.05) is 41.5 Å². The van der Waals surface area contributed by atoms with E-state index in [0.717, 1.165) is 36.1 Å². The Morgan fingerprint density at radius 2 is 1.77 bits per heavy atom. The van der Waals surface area contributed by atoms with Crippen LogP contribution in [0.4, 0.5) is 0 Å². The number of methoxy groups -OCH3 is 2. The average molecular weight is 485 g/mol. The van der Waals surface area contributed by atoms with Crippen molar-refractivity contribution in [3.05, 3.63) is 48.0 Å². The Morgan fingerprint density at radius 3 is 2.29 bits per heavy atom. The van der Waals surface area contributed by atoms with E-state index in [1.807, 2.05) is 56.6 Å². The van der Waals surface area contributed by atoms with E-state index in [9.17, 15) is 14.7 Å². The summed E-state index contributed by atoms with van der Waals surface area (Å²) in [5.41, 5.74) is 1.56. The number of amides is 1. The Hall–Kier alpha value is -3.10. The molecule has 2 aromatic rings. The first-order chi connectivity index (χ1) is 16.8. The molecular weight excluding hydrogens is 448 g/mol. The van der Waals surface area contributed by atoms with Gasteiger partial charge in [-0.25, -0.2) is 4.79 Å². The van der Waals surface area contributed by atoms with Crippen molar-refractivity contribution >= 4 is 11.9 Å². The van der Waals surface area contributed by atoms with Gasteiger partial charge in [0, 0.05) is 13.0 Å². The Bertz CT molecular complexity index is 977. The minimum absolute atomic E-state index is 0.165. The molecule has 1 saturated heterocycles. The van der Waals surface area contributed by atoms with Gasteiger partial charge in [-0.3, -0.25) is 4.79 Å². The van der Waals surface area contributed by atoms with E-state index >= 15 is 0 Å². The molecule has 3 rings (SSSR count). The number of nitrogens with zero attached hydrogens (tertiary/aromatic N) is 1. The maximum Gasteiger partial charge on any atom is 0.326 e. The number of rotatable bonds is 12. The number of benzene rings is 2. The molecule has 1 aliphatic heterocycles. The summed E-state index contributed by atoms with van der Waals surface area (Å²) in [5, 5.41) is 12.6. The standard InChI is InChI=1S/C27H36N2O6/c1-29(2)16-6-14-27(15-7-17-35-27)26(32)28-21(25(30)31)18-19-10-12-20(13-11-19)24-22(33-3)8-5-9-23(24)34-4/h5,8-13,21H,6-7,14-18H2,1-4H3,(H,28,32)(H,30,31)/t21-,27+/m0/s1. The molecule has 0 aliphatic carbocycles. The summed E-state index contributed by atoms with van der Waals surface area (Å²) >= 11 is 0. The molecule has 8 nitrogen and oxygen atoms in total. The lowest BCUT2D eigenvalue weighted by atomic mass is 9.92. The van der Waals surface area contributed by atoms with E-state index in [4.69, 9.17) is 14.2 Å². The second kappa shape index (κ2) is 12.0. The van der Waals surface area contributed by atoms with Gasteiger partial charge in [-0.15, -0.1) is 0 Å². The van der Waals surface area contributed by atoms with Crippen molar-refractivity contribution in [1.82, 2.24) is 10.2 Å². The summed E-state index contributed by atoms with van der Waals surface area (Å²) in [6, 6.07) is 12.1. The lowest BCUT2D eigenvalue weighted by Gasteiger charge is -2.29. The van der Waals surface area contributed by atoms with Gasteiger partial charge in [0.25, 0.3) is 5.91 Å². The van der Waals surface area contributed by atoms with Gasteiger partial charge >= 0.3 is 5.97 Å². The monoisotopic (exact) mass is 484 g/mol. The van der Waals surface area contributed by atoms with Gasteiger partial charge < -0.3 is 29.5 Å².